The van der Waals surface area contributed by atoms with Gasteiger partial charge in [-0.2, -0.15) is 0 Å². The standard InChI is InChI=1S/C5H9Cl2OP/c1-5(2)3-4-9(6,7)8/h1,3-4H2,2H3. The van der Waals surface area contributed by atoms with Gasteiger partial charge in [-0.15, -0.1) is 6.58 Å². The second kappa shape index (κ2) is 3.65. The van der Waals surface area contributed by atoms with Crippen LogP contribution in [0.25, 0.3) is 0 Å². The van der Waals surface area contributed by atoms with Crippen molar-refractivity contribution < 1.29 is 4.57 Å². The highest BCUT2D eigenvalue weighted by atomic mass is 35.9. The molecule has 0 atom stereocenters. The predicted octanol–water partition coefficient (Wildman–Crippen LogP) is 3.62. The van der Waals surface area contributed by atoms with E-state index in [-0.39, 0.29) is 0 Å². The zero-order chi connectivity index (χ0) is 7.49. The first-order chi connectivity index (χ1) is 3.92. The molecule has 0 aliphatic rings. The molecule has 0 aliphatic heterocycles. The maximum atomic E-state index is 10.6. The van der Waals surface area contributed by atoms with Crippen LogP contribution in [-0.2, 0) is 4.57 Å². The van der Waals surface area contributed by atoms with Crippen molar-refractivity contribution in [3.8, 4) is 0 Å². The molecule has 0 spiro atoms. The molecule has 0 heterocycles. The molecule has 54 valence electrons. The normalized spacial score (nSPS) is 11.4. The molecule has 9 heavy (non-hydrogen) atoms. The minimum atomic E-state index is -2.84. The van der Waals surface area contributed by atoms with Crippen LogP contribution in [0.4, 0.5) is 0 Å². The van der Waals surface area contributed by atoms with Crippen LogP contribution in [0.1, 0.15) is 13.3 Å². The third kappa shape index (κ3) is 8.55. The number of rotatable bonds is 3. The van der Waals surface area contributed by atoms with Gasteiger partial charge in [0, 0.05) is 6.16 Å². The summed E-state index contributed by atoms with van der Waals surface area (Å²) in [6, 6.07) is 0. The molecule has 0 N–H and O–H groups in total. The molecule has 0 rings (SSSR count). The van der Waals surface area contributed by atoms with E-state index >= 15 is 0 Å². The van der Waals surface area contributed by atoms with Crippen molar-refractivity contribution in [2.45, 2.75) is 13.3 Å². The summed E-state index contributed by atoms with van der Waals surface area (Å²) < 4.78 is 10.6. The van der Waals surface area contributed by atoms with Crippen LogP contribution >= 0.6 is 28.3 Å². The lowest BCUT2D eigenvalue weighted by atomic mass is 10.3. The van der Waals surface area contributed by atoms with Crippen LogP contribution in [0, 0.1) is 0 Å². The Hall–Kier alpha value is 0.550. The van der Waals surface area contributed by atoms with E-state index < -0.39 is 5.85 Å². The van der Waals surface area contributed by atoms with Gasteiger partial charge in [0.15, 0.2) is 0 Å². The number of hydrogen-bond acceptors (Lipinski definition) is 1. The van der Waals surface area contributed by atoms with Gasteiger partial charge in [0.25, 0.3) is 5.85 Å². The van der Waals surface area contributed by atoms with Crippen molar-refractivity contribution in [3.05, 3.63) is 12.2 Å². The molecule has 0 unspecified atom stereocenters. The lowest BCUT2D eigenvalue weighted by Gasteiger charge is -1.99. The summed E-state index contributed by atoms with van der Waals surface area (Å²) in [5, 5.41) is 0. The van der Waals surface area contributed by atoms with Gasteiger partial charge in [-0.3, -0.25) is 4.57 Å². The van der Waals surface area contributed by atoms with E-state index in [9.17, 15) is 4.57 Å². The quantitative estimate of drug-likeness (QED) is 0.487. The number of halogens is 2. The van der Waals surface area contributed by atoms with Crippen LogP contribution in [0.15, 0.2) is 12.2 Å². The van der Waals surface area contributed by atoms with Gasteiger partial charge in [0.1, 0.15) is 0 Å². The average molecular weight is 187 g/mol. The van der Waals surface area contributed by atoms with Crippen LogP contribution in [0.5, 0.6) is 0 Å². The fourth-order valence-corrected chi connectivity index (χ4v) is 1.47. The van der Waals surface area contributed by atoms with E-state index in [1.54, 1.807) is 0 Å². The SMILES string of the molecule is C=C(C)CCP(=O)(Cl)Cl. The van der Waals surface area contributed by atoms with E-state index in [0.717, 1.165) is 5.57 Å². The van der Waals surface area contributed by atoms with Crippen LogP contribution in [0.2, 0.25) is 0 Å². The van der Waals surface area contributed by atoms with Gasteiger partial charge in [0.2, 0.25) is 0 Å². The van der Waals surface area contributed by atoms with Gasteiger partial charge in [-0.1, -0.05) is 5.57 Å². The molecular formula is C5H9Cl2OP. The Morgan fingerprint density at radius 2 is 2.11 bits per heavy atom. The Morgan fingerprint density at radius 1 is 1.67 bits per heavy atom. The van der Waals surface area contributed by atoms with E-state index in [0.29, 0.717) is 12.6 Å². The van der Waals surface area contributed by atoms with Crippen molar-refractivity contribution in [2.75, 3.05) is 6.16 Å². The molecule has 0 bridgehead atoms. The summed E-state index contributed by atoms with van der Waals surface area (Å²) in [5.74, 6) is -2.84. The second-order valence-electron chi connectivity index (χ2n) is 2.00. The first-order valence-corrected chi connectivity index (χ1v) is 6.25. The molecular weight excluding hydrogens is 178 g/mol. The number of allylic oxidation sites excluding steroid dienone is 1. The molecule has 0 fully saturated rings. The van der Waals surface area contributed by atoms with Crippen LogP contribution < -0.4 is 0 Å². The van der Waals surface area contributed by atoms with Gasteiger partial charge < -0.3 is 0 Å². The van der Waals surface area contributed by atoms with Gasteiger partial charge in [0.05, 0.1) is 0 Å². The average Bonchev–Trinajstić information content (AvgIpc) is 1.59. The van der Waals surface area contributed by atoms with Gasteiger partial charge in [-0.05, 0) is 35.8 Å². The fraction of sp³-hybridized carbons (Fsp3) is 0.600. The van der Waals surface area contributed by atoms with Gasteiger partial charge in [-0.25, -0.2) is 0 Å². The molecule has 4 heteroatoms. The minimum Gasteiger partial charge on any atom is -0.289 e. The molecule has 0 aromatic heterocycles. The van der Waals surface area contributed by atoms with Crippen molar-refractivity contribution in [1.82, 2.24) is 0 Å². The van der Waals surface area contributed by atoms with E-state index in [1.807, 2.05) is 6.92 Å². The minimum absolute atomic E-state index is 0.339. The summed E-state index contributed by atoms with van der Waals surface area (Å²) in [4.78, 5) is 0. The zero-order valence-corrected chi connectivity index (χ0v) is 7.64. The van der Waals surface area contributed by atoms with Crippen molar-refractivity contribution in [1.29, 1.82) is 0 Å². The molecule has 0 radical (unpaired) electrons. The van der Waals surface area contributed by atoms with Crippen LogP contribution in [0.3, 0.4) is 0 Å². The third-order valence-electron chi connectivity index (χ3n) is 0.799. The summed E-state index contributed by atoms with van der Waals surface area (Å²) in [5.41, 5.74) is 0.955. The molecule has 0 saturated heterocycles. The van der Waals surface area contributed by atoms with Crippen molar-refractivity contribution >= 4 is 28.3 Å². The highest BCUT2D eigenvalue weighted by Gasteiger charge is 2.11. The zero-order valence-electron chi connectivity index (χ0n) is 5.23. The Bertz CT molecular complexity index is 149. The van der Waals surface area contributed by atoms with Crippen molar-refractivity contribution in [3.63, 3.8) is 0 Å². The smallest absolute Gasteiger partial charge is 0.253 e. The third-order valence-corrected chi connectivity index (χ3v) is 2.56. The molecule has 0 aromatic rings. The molecule has 0 amide bonds. The number of hydrogen-bond donors (Lipinski definition) is 0. The molecule has 0 aromatic carbocycles. The monoisotopic (exact) mass is 186 g/mol. The Balaban J connectivity index is 3.53. The summed E-state index contributed by atoms with van der Waals surface area (Å²) in [7, 11) is 0. The highest BCUT2D eigenvalue weighted by molar-refractivity contribution is 8.08. The molecule has 0 aliphatic carbocycles. The largest absolute Gasteiger partial charge is 0.289 e. The van der Waals surface area contributed by atoms with Gasteiger partial charge >= 0.3 is 0 Å². The predicted molar refractivity (Wildman–Crippen MR) is 43.6 cm³/mol. The Kier molecular flexibility index (Phi) is 3.88. The summed E-state index contributed by atoms with van der Waals surface area (Å²) in [6.45, 7) is 5.47. The lowest BCUT2D eigenvalue weighted by Crippen LogP contribution is -1.78. The molecule has 1 nitrogen and oxygen atoms in total. The Labute approximate surface area is 65.0 Å². The maximum absolute atomic E-state index is 10.6. The highest BCUT2D eigenvalue weighted by Crippen LogP contribution is 2.57. The summed E-state index contributed by atoms with van der Waals surface area (Å²) >= 11 is 10.5. The van der Waals surface area contributed by atoms with E-state index in [4.69, 9.17) is 22.5 Å². The van der Waals surface area contributed by atoms with E-state index in [2.05, 4.69) is 6.58 Å². The fourth-order valence-electron chi connectivity index (χ4n) is 0.321. The topological polar surface area (TPSA) is 17.1 Å². The van der Waals surface area contributed by atoms with E-state index in [1.165, 1.54) is 0 Å². The second-order valence-corrected chi connectivity index (χ2v) is 7.38. The first-order valence-electron chi connectivity index (χ1n) is 2.54. The first kappa shape index (κ1) is 9.55. The lowest BCUT2D eigenvalue weighted by molar-refractivity contribution is 0.592. The van der Waals surface area contributed by atoms with Crippen molar-refractivity contribution in [2.24, 2.45) is 0 Å². The van der Waals surface area contributed by atoms with Crippen LogP contribution in [-0.4, -0.2) is 6.16 Å². The maximum Gasteiger partial charge on any atom is 0.253 e. The summed E-state index contributed by atoms with van der Waals surface area (Å²) in [6.07, 6.45) is 0.982. The molecule has 0 saturated carbocycles. The Morgan fingerprint density at radius 3 is 2.22 bits per heavy atom.